The van der Waals surface area contributed by atoms with Crippen LogP contribution in [0.25, 0.3) is 44.6 Å². The molecule has 0 amide bonds. The monoisotopic (exact) mass is 378 g/mol. The van der Waals surface area contributed by atoms with Crippen molar-refractivity contribution in [2.75, 3.05) is 0 Å². The molecule has 1 unspecified atom stereocenters. The number of rotatable bonds is 1. The van der Waals surface area contributed by atoms with Crippen LogP contribution in [0.4, 0.5) is 0 Å². The Bertz CT molecular complexity index is 1460. The fourth-order valence-corrected chi connectivity index (χ4v) is 4.76. The Kier molecular flexibility index (Phi) is 3.37. The standard InChI is InChI=1S/C27H22O2/c1-15-7-9-24-21(11-15)23-14-20(17(3)12-26(23)28-24)18-8-10-25-22(13-18)19-6-4-5-16(2)27(19)29-25/h4-11,13-14,17H,12H2,1-3H3. The number of fused-ring (bicyclic) bond motifs is 6. The summed E-state index contributed by atoms with van der Waals surface area (Å²) in [6.07, 6.45) is 3.27. The maximum atomic E-state index is 6.17. The van der Waals surface area contributed by atoms with E-state index < -0.39 is 0 Å². The van der Waals surface area contributed by atoms with Crippen LogP contribution in [0.3, 0.4) is 0 Å². The van der Waals surface area contributed by atoms with Gasteiger partial charge in [-0.1, -0.05) is 42.8 Å². The Morgan fingerprint density at radius 1 is 0.828 bits per heavy atom. The summed E-state index contributed by atoms with van der Waals surface area (Å²) in [5.41, 5.74) is 9.23. The summed E-state index contributed by atoms with van der Waals surface area (Å²) >= 11 is 0. The zero-order valence-corrected chi connectivity index (χ0v) is 16.9. The second-order valence-corrected chi connectivity index (χ2v) is 8.41. The van der Waals surface area contributed by atoms with Gasteiger partial charge in [0, 0.05) is 28.1 Å². The molecule has 5 aromatic rings. The fraction of sp³-hybridized carbons (Fsp3) is 0.185. The lowest BCUT2D eigenvalue weighted by Crippen LogP contribution is -2.07. The van der Waals surface area contributed by atoms with Crippen LogP contribution in [-0.2, 0) is 6.42 Å². The predicted molar refractivity (Wildman–Crippen MR) is 120 cm³/mol. The van der Waals surface area contributed by atoms with Gasteiger partial charge in [-0.25, -0.2) is 0 Å². The van der Waals surface area contributed by atoms with E-state index in [4.69, 9.17) is 8.83 Å². The minimum absolute atomic E-state index is 0.404. The van der Waals surface area contributed by atoms with E-state index in [9.17, 15) is 0 Å². The van der Waals surface area contributed by atoms with E-state index >= 15 is 0 Å². The highest BCUT2D eigenvalue weighted by Gasteiger charge is 2.24. The molecular weight excluding hydrogens is 356 g/mol. The van der Waals surface area contributed by atoms with Gasteiger partial charge in [0.15, 0.2) is 0 Å². The molecule has 0 saturated heterocycles. The third kappa shape index (κ3) is 2.42. The lowest BCUT2D eigenvalue weighted by Gasteiger charge is -2.20. The minimum Gasteiger partial charge on any atom is -0.460 e. The molecule has 2 aromatic heterocycles. The molecule has 1 atom stereocenters. The quantitative estimate of drug-likeness (QED) is 0.299. The van der Waals surface area contributed by atoms with Crippen molar-refractivity contribution in [3.05, 3.63) is 82.6 Å². The van der Waals surface area contributed by atoms with Crippen LogP contribution in [0.2, 0.25) is 0 Å². The van der Waals surface area contributed by atoms with Crippen LogP contribution in [0.15, 0.2) is 63.4 Å². The summed E-state index contributed by atoms with van der Waals surface area (Å²) in [5, 5.41) is 3.60. The van der Waals surface area contributed by atoms with Crippen LogP contribution >= 0.6 is 0 Å². The van der Waals surface area contributed by atoms with E-state index in [2.05, 4.69) is 81.4 Å². The molecule has 2 heterocycles. The molecule has 0 fully saturated rings. The Morgan fingerprint density at radius 3 is 2.55 bits per heavy atom. The number of allylic oxidation sites excluding steroid dienone is 1. The van der Waals surface area contributed by atoms with Crippen molar-refractivity contribution < 1.29 is 8.83 Å². The van der Waals surface area contributed by atoms with Crippen molar-refractivity contribution in [3.8, 4) is 0 Å². The normalized spacial score (nSPS) is 16.5. The first-order chi connectivity index (χ1) is 14.1. The van der Waals surface area contributed by atoms with Gasteiger partial charge in [0.25, 0.3) is 0 Å². The summed E-state index contributed by atoms with van der Waals surface area (Å²) in [6, 6.07) is 19.4. The van der Waals surface area contributed by atoms with Crippen LogP contribution in [-0.4, -0.2) is 0 Å². The summed E-state index contributed by atoms with van der Waals surface area (Å²) in [5.74, 6) is 1.51. The smallest absolute Gasteiger partial charge is 0.138 e. The highest BCUT2D eigenvalue weighted by molar-refractivity contribution is 6.07. The molecule has 3 aromatic carbocycles. The van der Waals surface area contributed by atoms with E-state index in [1.165, 1.54) is 44.0 Å². The molecule has 1 aliphatic rings. The Morgan fingerprint density at radius 2 is 1.66 bits per heavy atom. The Balaban J connectivity index is 1.57. The average molecular weight is 378 g/mol. The topological polar surface area (TPSA) is 26.3 Å². The summed E-state index contributed by atoms with van der Waals surface area (Å²) in [6.45, 7) is 6.52. The van der Waals surface area contributed by atoms with E-state index in [-0.39, 0.29) is 0 Å². The molecule has 29 heavy (non-hydrogen) atoms. The van der Waals surface area contributed by atoms with Crippen molar-refractivity contribution >= 4 is 44.6 Å². The van der Waals surface area contributed by atoms with Crippen molar-refractivity contribution in [2.45, 2.75) is 27.2 Å². The Labute approximate surface area is 169 Å². The predicted octanol–water partition coefficient (Wildman–Crippen LogP) is 7.68. The molecule has 0 radical (unpaired) electrons. The molecule has 0 N–H and O–H groups in total. The van der Waals surface area contributed by atoms with Crippen LogP contribution < -0.4 is 0 Å². The molecule has 0 spiro atoms. The Hall–Kier alpha value is -3.26. The van der Waals surface area contributed by atoms with Gasteiger partial charge in [0.1, 0.15) is 22.5 Å². The number of para-hydroxylation sites is 1. The van der Waals surface area contributed by atoms with E-state index in [1.807, 2.05) is 0 Å². The van der Waals surface area contributed by atoms with Crippen molar-refractivity contribution in [2.24, 2.45) is 5.92 Å². The summed E-state index contributed by atoms with van der Waals surface area (Å²) < 4.78 is 12.3. The molecule has 0 saturated carbocycles. The van der Waals surface area contributed by atoms with Crippen LogP contribution in [0.5, 0.6) is 0 Å². The third-order valence-corrected chi connectivity index (χ3v) is 6.31. The number of furan rings is 2. The van der Waals surface area contributed by atoms with Crippen molar-refractivity contribution in [3.63, 3.8) is 0 Å². The lowest BCUT2D eigenvalue weighted by atomic mass is 9.83. The highest BCUT2D eigenvalue weighted by Crippen LogP contribution is 2.41. The van der Waals surface area contributed by atoms with Crippen molar-refractivity contribution in [1.82, 2.24) is 0 Å². The number of benzene rings is 3. The van der Waals surface area contributed by atoms with Gasteiger partial charge >= 0.3 is 0 Å². The molecule has 1 aliphatic carbocycles. The fourth-order valence-electron chi connectivity index (χ4n) is 4.76. The summed E-state index contributed by atoms with van der Waals surface area (Å²) in [7, 11) is 0. The number of aryl methyl sites for hydroxylation is 2. The minimum atomic E-state index is 0.404. The van der Waals surface area contributed by atoms with E-state index in [1.54, 1.807) is 0 Å². The zero-order valence-electron chi connectivity index (χ0n) is 16.9. The maximum Gasteiger partial charge on any atom is 0.138 e. The van der Waals surface area contributed by atoms with E-state index in [0.717, 1.165) is 28.9 Å². The van der Waals surface area contributed by atoms with Gasteiger partial charge < -0.3 is 8.83 Å². The van der Waals surface area contributed by atoms with Gasteiger partial charge in [0.2, 0.25) is 0 Å². The SMILES string of the molecule is Cc1ccc2oc3c(c2c1)C=C(c1ccc2oc4c(C)cccc4c2c1)C(C)C3. The zero-order chi connectivity index (χ0) is 19.7. The van der Waals surface area contributed by atoms with E-state index in [0.29, 0.717) is 5.92 Å². The first kappa shape index (κ1) is 16.7. The maximum absolute atomic E-state index is 6.17. The van der Waals surface area contributed by atoms with Crippen LogP contribution in [0.1, 0.15) is 34.9 Å². The van der Waals surface area contributed by atoms with Gasteiger partial charge in [-0.05, 0) is 66.8 Å². The highest BCUT2D eigenvalue weighted by atomic mass is 16.3. The lowest BCUT2D eigenvalue weighted by molar-refractivity contribution is 0.518. The molecule has 2 nitrogen and oxygen atoms in total. The molecule has 142 valence electrons. The first-order valence-electron chi connectivity index (χ1n) is 10.2. The van der Waals surface area contributed by atoms with Gasteiger partial charge in [-0.15, -0.1) is 0 Å². The molecular formula is C27H22O2. The van der Waals surface area contributed by atoms with Crippen molar-refractivity contribution in [1.29, 1.82) is 0 Å². The van der Waals surface area contributed by atoms with Gasteiger partial charge in [0.05, 0.1) is 0 Å². The largest absolute Gasteiger partial charge is 0.460 e. The first-order valence-corrected chi connectivity index (χ1v) is 10.2. The summed E-state index contributed by atoms with van der Waals surface area (Å²) in [4.78, 5) is 0. The third-order valence-electron chi connectivity index (χ3n) is 6.31. The number of hydrogen-bond acceptors (Lipinski definition) is 2. The van der Waals surface area contributed by atoms with Gasteiger partial charge in [-0.2, -0.15) is 0 Å². The average Bonchev–Trinajstić information content (AvgIpc) is 3.25. The second-order valence-electron chi connectivity index (χ2n) is 8.41. The van der Waals surface area contributed by atoms with Gasteiger partial charge in [-0.3, -0.25) is 0 Å². The molecule has 0 aliphatic heterocycles. The molecule has 6 rings (SSSR count). The molecule has 0 bridgehead atoms. The second kappa shape index (κ2) is 5.87. The molecule has 2 heteroatoms. The van der Waals surface area contributed by atoms with Crippen LogP contribution in [0, 0.1) is 19.8 Å². The number of hydrogen-bond donors (Lipinski definition) is 0.